The second-order valence-corrected chi connectivity index (χ2v) is 11.3. The van der Waals surface area contributed by atoms with Crippen molar-refractivity contribution in [3.63, 3.8) is 0 Å². The number of nitrogen functional groups attached to an aromatic ring is 1. The highest BCUT2D eigenvalue weighted by Gasteiger charge is 2.24. The first kappa shape index (κ1) is 25.1. The number of nitrogens with zero attached hydrogens (tertiary/aromatic N) is 5. The van der Waals surface area contributed by atoms with Gasteiger partial charge in [-0.3, -0.25) is 9.48 Å². The van der Waals surface area contributed by atoms with Crippen LogP contribution in [0.1, 0.15) is 22.3 Å². The van der Waals surface area contributed by atoms with E-state index >= 15 is 4.39 Å². The Hall–Kier alpha value is -5.42. The lowest BCUT2D eigenvalue weighted by Gasteiger charge is -2.12. The first-order valence-electron chi connectivity index (χ1n) is 14.9. The number of benzene rings is 2. The molecule has 0 radical (unpaired) electrons. The Balaban J connectivity index is 1.55. The monoisotopic (exact) mass is 608 g/mol. The number of pyridine rings is 1. The zero-order chi connectivity index (χ0) is 33.6. The summed E-state index contributed by atoms with van der Waals surface area (Å²) in [5.74, 6) is -0.789. The van der Waals surface area contributed by atoms with E-state index in [1.54, 1.807) is 38.2 Å². The summed E-state index contributed by atoms with van der Waals surface area (Å²) in [6, 6.07) is 11.8. The van der Waals surface area contributed by atoms with Gasteiger partial charge in [-0.25, -0.2) is 19.3 Å². The standard InChI is InChI=1S/C33H28FN7O2S/c1-17(2)32(42)40-22-7-8-23(18(3)12-22)29-27(20-6-9-26(25(34)13-20)43-33-36-11-10-19(4)39-33)28-30(44-29)24(15-37-31(28)35)21-14-38-41(5)16-21/h6-16H,1H2,2-5H3,(H2,35,37)(H,40,42)/i5D3. The molecule has 0 saturated carbocycles. The fraction of sp³-hybridized carbons (Fsp3) is 0.121. The molecular weight excluding hydrogens is 577 g/mol. The van der Waals surface area contributed by atoms with Crippen LogP contribution in [0.5, 0.6) is 11.8 Å². The van der Waals surface area contributed by atoms with Gasteiger partial charge in [-0.05, 0) is 67.8 Å². The number of thiophene rings is 1. The van der Waals surface area contributed by atoms with Crippen LogP contribution in [0.2, 0.25) is 0 Å². The second-order valence-electron chi connectivity index (χ2n) is 10.2. The first-order valence-corrected chi connectivity index (χ1v) is 14.2. The topological polar surface area (TPSA) is 121 Å². The number of carbonyl (C=O) groups excluding carboxylic acids is 1. The molecule has 3 N–H and O–H groups in total. The number of nitrogens with two attached hydrogens (primary N) is 1. The minimum atomic E-state index is -2.46. The Morgan fingerprint density at radius 1 is 1.11 bits per heavy atom. The van der Waals surface area contributed by atoms with Gasteiger partial charge in [0.25, 0.3) is 5.91 Å². The molecule has 0 atom stereocenters. The van der Waals surface area contributed by atoms with Crippen LogP contribution in [-0.2, 0) is 11.8 Å². The largest absolute Gasteiger partial charge is 0.421 e. The Bertz CT molecular complexity index is 2210. The van der Waals surface area contributed by atoms with Crippen molar-refractivity contribution in [2.45, 2.75) is 20.8 Å². The Morgan fingerprint density at radius 3 is 2.66 bits per heavy atom. The fourth-order valence-electron chi connectivity index (χ4n) is 4.80. The molecular formula is C33H28FN7O2S. The van der Waals surface area contributed by atoms with Crippen molar-refractivity contribution in [2.75, 3.05) is 11.1 Å². The maximum atomic E-state index is 15.7. The van der Waals surface area contributed by atoms with Crippen LogP contribution in [0.15, 0.2) is 79.4 Å². The van der Waals surface area contributed by atoms with Gasteiger partial charge < -0.3 is 15.8 Å². The molecule has 44 heavy (non-hydrogen) atoms. The molecule has 4 aromatic heterocycles. The molecule has 0 aliphatic rings. The van der Waals surface area contributed by atoms with Gasteiger partial charge in [0.15, 0.2) is 11.6 Å². The van der Waals surface area contributed by atoms with Crippen LogP contribution in [-0.4, -0.2) is 30.6 Å². The zero-order valence-electron chi connectivity index (χ0n) is 27.0. The molecule has 220 valence electrons. The highest BCUT2D eigenvalue weighted by molar-refractivity contribution is 7.23. The third-order valence-corrected chi connectivity index (χ3v) is 8.20. The first-order chi connectivity index (χ1) is 22.3. The second kappa shape index (κ2) is 11.3. The van der Waals surface area contributed by atoms with E-state index in [4.69, 9.17) is 14.6 Å². The minimum Gasteiger partial charge on any atom is -0.421 e. The number of fused-ring (bicyclic) bond motifs is 1. The number of aromatic nitrogens is 5. The maximum absolute atomic E-state index is 15.7. The molecule has 4 heterocycles. The van der Waals surface area contributed by atoms with Crippen LogP contribution in [0, 0.1) is 19.7 Å². The lowest BCUT2D eigenvalue weighted by atomic mass is 9.95. The predicted octanol–water partition coefficient (Wildman–Crippen LogP) is 7.47. The molecule has 0 fully saturated rings. The molecule has 0 aliphatic heterocycles. The minimum absolute atomic E-state index is 0.0171. The SMILES string of the molecule is [2H]C([2H])([2H])n1cc(-c2cnc(N)c3c(-c4ccc(Oc5nccc(C)n5)c(F)c4)c(-c4ccc(NC(=O)C(=C)C)cc4C)sc23)cn1. The van der Waals surface area contributed by atoms with E-state index < -0.39 is 12.8 Å². The average Bonchev–Trinajstić information content (AvgIpc) is 3.65. The predicted molar refractivity (Wildman–Crippen MR) is 172 cm³/mol. The van der Waals surface area contributed by atoms with Crippen molar-refractivity contribution in [2.24, 2.45) is 6.98 Å². The van der Waals surface area contributed by atoms with E-state index in [2.05, 4.69) is 31.9 Å². The lowest BCUT2D eigenvalue weighted by Crippen LogP contribution is -2.11. The van der Waals surface area contributed by atoms with Gasteiger partial charge in [0, 0.05) is 78.3 Å². The van der Waals surface area contributed by atoms with Crippen molar-refractivity contribution in [1.29, 1.82) is 0 Å². The highest BCUT2D eigenvalue weighted by Crippen LogP contribution is 2.50. The fourth-order valence-corrected chi connectivity index (χ4v) is 6.26. The molecule has 11 heteroatoms. The summed E-state index contributed by atoms with van der Waals surface area (Å²) in [5.41, 5.74) is 12.1. The molecule has 0 unspecified atom stereocenters. The summed E-state index contributed by atoms with van der Waals surface area (Å²) in [6.45, 7) is 6.54. The number of carbonyl (C=O) groups is 1. The Kier molecular flexibility index (Phi) is 6.47. The van der Waals surface area contributed by atoms with E-state index in [0.717, 1.165) is 20.7 Å². The van der Waals surface area contributed by atoms with Gasteiger partial charge in [0.1, 0.15) is 5.82 Å². The number of anilines is 2. The number of amides is 1. The molecule has 0 aliphatic carbocycles. The van der Waals surface area contributed by atoms with Crippen LogP contribution in [0.3, 0.4) is 0 Å². The van der Waals surface area contributed by atoms with Gasteiger partial charge in [-0.1, -0.05) is 18.7 Å². The number of hydrogen-bond donors (Lipinski definition) is 2. The summed E-state index contributed by atoms with van der Waals surface area (Å²) in [5, 5.41) is 7.44. The van der Waals surface area contributed by atoms with Crippen LogP contribution < -0.4 is 15.8 Å². The smallest absolute Gasteiger partial charge is 0.322 e. The van der Waals surface area contributed by atoms with Gasteiger partial charge in [-0.2, -0.15) is 5.10 Å². The van der Waals surface area contributed by atoms with E-state index in [1.165, 1.54) is 42.1 Å². The number of halogens is 1. The third kappa shape index (κ3) is 5.40. The van der Waals surface area contributed by atoms with E-state index in [1.807, 2.05) is 19.1 Å². The molecule has 6 rings (SSSR count). The number of ether oxygens (including phenoxy) is 1. The average molecular weight is 609 g/mol. The van der Waals surface area contributed by atoms with Crippen molar-refractivity contribution >= 4 is 38.8 Å². The number of aryl methyl sites for hydroxylation is 3. The van der Waals surface area contributed by atoms with Crippen LogP contribution >= 0.6 is 11.3 Å². The quantitative estimate of drug-likeness (QED) is 0.180. The van der Waals surface area contributed by atoms with E-state index in [-0.39, 0.29) is 23.5 Å². The lowest BCUT2D eigenvalue weighted by molar-refractivity contribution is -0.112. The van der Waals surface area contributed by atoms with Crippen molar-refractivity contribution in [3.8, 4) is 44.5 Å². The Morgan fingerprint density at radius 2 is 1.95 bits per heavy atom. The molecule has 6 aromatic rings. The number of rotatable bonds is 7. The zero-order valence-corrected chi connectivity index (χ0v) is 24.8. The summed E-state index contributed by atoms with van der Waals surface area (Å²) < 4.78 is 46.2. The maximum Gasteiger partial charge on any atom is 0.322 e. The van der Waals surface area contributed by atoms with Crippen molar-refractivity contribution in [1.82, 2.24) is 24.7 Å². The summed E-state index contributed by atoms with van der Waals surface area (Å²) in [7, 11) is 0. The Labute approximate surface area is 261 Å². The highest BCUT2D eigenvalue weighted by atomic mass is 32.1. The van der Waals surface area contributed by atoms with Crippen molar-refractivity contribution in [3.05, 3.63) is 96.5 Å². The van der Waals surface area contributed by atoms with E-state index in [9.17, 15) is 4.79 Å². The third-order valence-electron chi connectivity index (χ3n) is 6.95. The molecule has 2 aromatic carbocycles. The molecule has 0 saturated heterocycles. The summed E-state index contributed by atoms with van der Waals surface area (Å²) in [4.78, 5) is 25.7. The summed E-state index contributed by atoms with van der Waals surface area (Å²) >= 11 is 1.40. The van der Waals surface area contributed by atoms with Gasteiger partial charge in [0.2, 0.25) is 0 Å². The molecule has 9 nitrogen and oxygen atoms in total. The van der Waals surface area contributed by atoms with Gasteiger partial charge in [0.05, 0.1) is 6.20 Å². The number of nitrogens with one attached hydrogen (secondary N) is 1. The number of hydrogen-bond acceptors (Lipinski definition) is 8. The van der Waals surface area contributed by atoms with Gasteiger partial charge in [-0.15, -0.1) is 11.3 Å². The summed E-state index contributed by atoms with van der Waals surface area (Å²) in [6.07, 6.45) is 6.00. The normalized spacial score (nSPS) is 12.4. The molecule has 0 spiro atoms. The van der Waals surface area contributed by atoms with Crippen molar-refractivity contribution < 1.29 is 18.0 Å². The molecule has 0 bridgehead atoms. The van der Waals surface area contributed by atoms with Gasteiger partial charge >= 0.3 is 6.01 Å². The molecule has 1 amide bonds. The van der Waals surface area contributed by atoms with Crippen LogP contribution in [0.4, 0.5) is 15.9 Å². The van der Waals surface area contributed by atoms with Crippen LogP contribution in [0.25, 0.3) is 42.8 Å². The van der Waals surface area contributed by atoms with E-state index in [0.29, 0.717) is 49.3 Å².